The van der Waals surface area contributed by atoms with Crippen LogP contribution in [0.1, 0.15) is 16.8 Å². The Balaban J connectivity index is 2.52. The van der Waals surface area contributed by atoms with Gasteiger partial charge in [0.1, 0.15) is 0 Å². The molecule has 3 heteroatoms. The molecule has 0 radical (unpaired) electrons. The normalized spacial score (nSPS) is 9.50. The number of nitrogens with one attached hydrogen (secondary N) is 1. The third-order valence-corrected chi connectivity index (χ3v) is 2.06. The van der Waals surface area contributed by atoms with Crippen LogP contribution in [-0.2, 0) is 0 Å². The van der Waals surface area contributed by atoms with Crippen molar-refractivity contribution < 1.29 is 4.79 Å². The molecule has 0 aromatic heterocycles. The molecule has 1 amide bonds. The molecule has 74 valence electrons. The van der Waals surface area contributed by atoms with Gasteiger partial charge in [-0.15, -0.1) is 19.2 Å². The standard InChI is InChI=1S/C11H13NOS/c1-2-3-8-12-11(13)9-4-6-10(14)7-5-9/h2,4-7,14H,1,3,8H2,(H,12,13). The summed E-state index contributed by atoms with van der Waals surface area (Å²) in [5.41, 5.74) is 0.659. The van der Waals surface area contributed by atoms with Crippen molar-refractivity contribution in [3.63, 3.8) is 0 Å². The van der Waals surface area contributed by atoms with Crippen molar-refractivity contribution in [2.45, 2.75) is 11.3 Å². The fraction of sp³-hybridized carbons (Fsp3) is 0.182. The van der Waals surface area contributed by atoms with E-state index >= 15 is 0 Å². The molecular formula is C11H13NOS. The van der Waals surface area contributed by atoms with Gasteiger partial charge in [-0.25, -0.2) is 0 Å². The van der Waals surface area contributed by atoms with Crippen LogP contribution in [0.4, 0.5) is 0 Å². The number of carbonyl (C=O) groups is 1. The van der Waals surface area contributed by atoms with E-state index < -0.39 is 0 Å². The maximum Gasteiger partial charge on any atom is 0.251 e. The highest BCUT2D eigenvalue weighted by atomic mass is 32.1. The summed E-state index contributed by atoms with van der Waals surface area (Å²) in [5, 5.41) is 2.78. The number of thiol groups is 1. The largest absolute Gasteiger partial charge is 0.352 e. The molecule has 2 nitrogen and oxygen atoms in total. The van der Waals surface area contributed by atoms with Gasteiger partial charge in [-0.1, -0.05) is 6.08 Å². The molecule has 0 aliphatic rings. The zero-order valence-electron chi connectivity index (χ0n) is 7.86. The Labute approximate surface area is 89.4 Å². The molecule has 14 heavy (non-hydrogen) atoms. The minimum absolute atomic E-state index is 0.0554. The lowest BCUT2D eigenvalue weighted by Crippen LogP contribution is -2.23. The van der Waals surface area contributed by atoms with Gasteiger partial charge >= 0.3 is 0 Å². The fourth-order valence-electron chi connectivity index (χ4n) is 1.00. The van der Waals surface area contributed by atoms with E-state index in [1.807, 2.05) is 0 Å². The quantitative estimate of drug-likeness (QED) is 0.443. The molecule has 0 unspecified atom stereocenters. The average Bonchev–Trinajstić information content (AvgIpc) is 2.19. The fourth-order valence-corrected chi connectivity index (χ4v) is 1.15. The van der Waals surface area contributed by atoms with E-state index in [1.165, 1.54) is 0 Å². The first kappa shape index (κ1) is 10.9. The van der Waals surface area contributed by atoms with Crippen molar-refractivity contribution in [2.75, 3.05) is 6.54 Å². The van der Waals surface area contributed by atoms with Crippen molar-refractivity contribution in [2.24, 2.45) is 0 Å². The lowest BCUT2D eigenvalue weighted by molar-refractivity contribution is 0.0954. The Kier molecular flexibility index (Phi) is 4.26. The molecule has 0 aliphatic heterocycles. The maximum absolute atomic E-state index is 11.5. The van der Waals surface area contributed by atoms with Gasteiger partial charge in [0.05, 0.1) is 0 Å². The lowest BCUT2D eigenvalue weighted by Gasteiger charge is -2.03. The molecule has 0 spiro atoms. The van der Waals surface area contributed by atoms with Crippen LogP contribution in [0.3, 0.4) is 0 Å². The van der Waals surface area contributed by atoms with Gasteiger partial charge in [0.25, 0.3) is 5.91 Å². The smallest absolute Gasteiger partial charge is 0.251 e. The van der Waals surface area contributed by atoms with Crippen LogP contribution >= 0.6 is 12.6 Å². The maximum atomic E-state index is 11.5. The average molecular weight is 207 g/mol. The second-order valence-electron chi connectivity index (χ2n) is 2.88. The first-order chi connectivity index (χ1) is 6.74. The number of benzene rings is 1. The topological polar surface area (TPSA) is 29.1 Å². The third-order valence-electron chi connectivity index (χ3n) is 1.76. The molecule has 0 bridgehead atoms. The Bertz CT molecular complexity index is 319. The van der Waals surface area contributed by atoms with Crippen molar-refractivity contribution >= 4 is 18.5 Å². The molecule has 0 aliphatic carbocycles. The van der Waals surface area contributed by atoms with Crippen LogP contribution in [0.15, 0.2) is 41.8 Å². The molecule has 0 saturated carbocycles. The summed E-state index contributed by atoms with van der Waals surface area (Å²) in [6.45, 7) is 4.21. The summed E-state index contributed by atoms with van der Waals surface area (Å²) in [7, 11) is 0. The highest BCUT2D eigenvalue weighted by Crippen LogP contribution is 2.07. The summed E-state index contributed by atoms with van der Waals surface area (Å²) in [6.07, 6.45) is 2.56. The second-order valence-corrected chi connectivity index (χ2v) is 3.40. The van der Waals surface area contributed by atoms with Crippen LogP contribution in [0.2, 0.25) is 0 Å². The molecule has 0 atom stereocenters. The van der Waals surface area contributed by atoms with Crippen LogP contribution in [0.25, 0.3) is 0 Å². The SMILES string of the molecule is C=CCCNC(=O)c1ccc(S)cc1. The summed E-state index contributed by atoms with van der Waals surface area (Å²) >= 11 is 4.14. The van der Waals surface area contributed by atoms with Crippen molar-refractivity contribution in [1.29, 1.82) is 0 Å². The molecular weight excluding hydrogens is 194 g/mol. The monoisotopic (exact) mass is 207 g/mol. The van der Waals surface area contributed by atoms with E-state index in [9.17, 15) is 4.79 Å². The molecule has 1 rings (SSSR count). The van der Waals surface area contributed by atoms with Gasteiger partial charge in [0.15, 0.2) is 0 Å². The predicted octanol–water partition coefficient (Wildman–Crippen LogP) is 2.28. The number of rotatable bonds is 4. The summed E-state index contributed by atoms with van der Waals surface area (Å²) in [4.78, 5) is 12.3. The number of hydrogen-bond acceptors (Lipinski definition) is 2. The first-order valence-corrected chi connectivity index (χ1v) is 4.87. The molecule has 1 aromatic carbocycles. The Morgan fingerprint density at radius 2 is 2.07 bits per heavy atom. The molecule has 1 N–H and O–H groups in total. The minimum Gasteiger partial charge on any atom is -0.352 e. The van der Waals surface area contributed by atoms with Gasteiger partial charge < -0.3 is 5.32 Å². The van der Waals surface area contributed by atoms with E-state index in [1.54, 1.807) is 30.3 Å². The van der Waals surface area contributed by atoms with Gasteiger partial charge in [-0.05, 0) is 30.7 Å². The molecule has 1 aromatic rings. The van der Waals surface area contributed by atoms with Crippen LogP contribution in [-0.4, -0.2) is 12.5 Å². The van der Waals surface area contributed by atoms with Gasteiger partial charge in [-0.2, -0.15) is 0 Å². The van der Waals surface area contributed by atoms with E-state index in [4.69, 9.17) is 0 Å². The van der Waals surface area contributed by atoms with Crippen LogP contribution in [0.5, 0.6) is 0 Å². The van der Waals surface area contributed by atoms with Crippen LogP contribution < -0.4 is 5.32 Å². The summed E-state index contributed by atoms with van der Waals surface area (Å²) in [6, 6.07) is 7.11. The Morgan fingerprint density at radius 1 is 1.43 bits per heavy atom. The molecule has 0 fully saturated rings. The number of hydrogen-bond donors (Lipinski definition) is 2. The van der Waals surface area contributed by atoms with Gasteiger partial charge in [0.2, 0.25) is 0 Å². The van der Waals surface area contributed by atoms with E-state index in [0.717, 1.165) is 11.3 Å². The second kappa shape index (κ2) is 5.50. The van der Waals surface area contributed by atoms with E-state index in [-0.39, 0.29) is 5.91 Å². The predicted molar refractivity (Wildman–Crippen MR) is 60.8 cm³/mol. The number of carbonyl (C=O) groups excluding carboxylic acids is 1. The van der Waals surface area contributed by atoms with E-state index in [0.29, 0.717) is 12.1 Å². The molecule has 0 heterocycles. The van der Waals surface area contributed by atoms with Crippen molar-refractivity contribution in [3.05, 3.63) is 42.5 Å². The Morgan fingerprint density at radius 3 is 2.64 bits per heavy atom. The zero-order valence-corrected chi connectivity index (χ0v) is 8.76. The van der Waals surface area contributed by atoms with Gasteiger partial charge in [0, 0.05) is 17.0 Å². The van der Waals surface area contributed by atoms with Crippen molar-refractivity contribution in [1.82, 2.24) is 5.32 Å². The minimum atomic E-state index is -0.0554. The van der Waals surface area contributed by atoms with Crippen LogP contribution in [0, 0.1) is 0 Å². The first-order valence-electron chi connectivity index (χ1n) is 4.42. The Hall–Kier alpha value is -1.22. The zero-order chi connectivity index (χ0) is 10.4. The van der Waals surface area contributed by atoms with Gasteiger partial charge in [-0.3, -0.25) is 4.79 Å². The number of amides is 1. The van der Waals surface area contributed by atoms with E-state index in [2.05, 4.69) is 24.5 Å². The third kappa shape index (κ3) is 3.26. The summed E-state index contributed by atoms with van der Waals surface area (Å²) in [5.74, 6) is -0.0554. The summed E-state index contributed by atoms with van der Waals surface area (Å²) < 4.78 is 0. The highest BCUT2D eigenvalue weighted by molar-refractivity contribution is 7.80. The lowest BCUT2D eigenvalue weighted by atomic mass is 10.2. The van der Waals surface area contributed by atoms with Crippen molar-refractivity contribution in [3.8, 4) is 0 Å². The molecule has 0 saturated heterocycles. The highest BCUT2D eigenvalue weighted by Gasteiger charge is 2.02.